The second-order valence-electron chi connectivity index (χ2n) is 5.71. The van der Waals surface area contributed by atoms with E-state index in [2.05, 4.69) is 4.90 Å². The highest BCUT2D eigenvalue weighted by Crippen LogP contribution is 2.14. The molecule has 1 N–H and O–H groups in total. The Bertz CT molecular complexity index is 528. The third-order valence-electron chi connectivity index (χ3n) is 4.11. The lowest BCUT2D eigenvalue weighted by molar-refractivity contribution is -0.137. The molecule has 0 bridgehead atoms. The summed E-state index contributed by atoms with van der Waals surface area (Å²) in [7, 11) is 1.60. The van der Waals surface area contributed by atoms with Crippen LogP contribution in [0.3, 0.4) is 0 Å². The van der Waals surface area contributed by atoms with Crippen LogP contribution >= 0.6 is 12.4 Å². The van der Waals surface area contributed by atoms with Crippen molar-refractivity contribution in [2.24, 2.45) is 0 Å². The van der Waals surface area contributed by atoms with Gasteiger partial charge in [0.15, 0.2) is 0 Å². The minimum Gasteiger partial charge on any atom is -0.497 e. The van der Waals surface area contributed by atoms with Crippen molar-refractivity contribution >= 4 is 24.3 Å². The molecule has 6 nitrogen and oxygen atoms in total. The molecule has 0 unspecified atom stereocenters. The maximum Gasteiger partial charge on any atom is 0.303 e. The molecule has 0 radical (unpaired) electrons. The van der Waals surface area contributed by atoms with Gasteiger partial charge in [-0.3, -0.25) is 14.5 Å². The molecule has 24 heavy (non-hydrogen) atoms. The summed E-state index contributed by atoms with van der Waals surface area (Å²) in [6.07, 6.45) is 1.83. The first kappa shape index (κ1) is 20.3. The van der Waals surface area contributed by atoms with E-state index in [0.717, 1.165) is 31.8 Å². The van der Waals surface area contributed by atoms with E-state index in [9.17, 15) is 9.59 Å². The number of aliphatic carboxylic acids is 1. The van der Waals surface area contributed by atoms with Gasteiger partial charge in [-0.25, -0.2) is 0 Å². The van der Waals surface area contributed by atoms with Crippen LogP contribution < -0.4 is 4.74 Å². The molecule has 134 valence electrons. The highest BCUT2D eigenvalue weighted by molar-refractivity contribution is 5.94. The van der Waals surface area contributed by atoms with Crippen LogP contribution in [-0.4, -0.2) is 66.6 Å². The molecule has 0 saturated carbocycles. The molecule has 1 aliphatic heterocycles. The number of hydrogen-bond acceptors (Lipinski definition) is 4. The predicted molar refractivity (Wildman–Crippen MR) is 94.1 cm³/mol. The van der Waals surface area contributed by atoms with E-state index in [-0.39, 0.29) is 24.7 Å². The van der Waals surface area contributed by atoms with E-state index < -0.39 is 5.97 Å². The molecule has 0 aliphatic carbocycles. The van der Waals surface area contributed by atoms with Crippen molar-refractivity contribution in [3.8, 4) is 5.75 Å². The van der Waals surface area contributed by atoms with Gasteiger partial charge in [0.2, 0.25) is 0 Å². The maximum atomic E-state index is 12.4. The summed E-state index contributed by atoms with van der Waals surface area (Å²) in [5.74, 6) is 0.0609. The Labute approximate surface area is 148 Å². The number of carboxylic acid groups (broad SMARTS) is 1. The number of halogens is 1. The van der Waals surface area contributed by atoms with Gasteiger partial charge in [-0.05, 0) is 43.7 Å². The largest absolute Gasteiger partial charge is 0.497 e. The average molecular weight is 357 g/mol. The van der Waals surface area contributed by atoms with Gasteiger partial charge in [0.1, 0.15) is 5.75 Å². The number of rotatable bonds is 7. The van der Waals surface area contributed by atoms with Gasteiger partial charge in [-0.15, -0.1) is 12.4 Å². The molecule has 2 rings (SSSR count). The highest BCUT2D eigenvalue weighted by Gasteiger charge is 2.21. The van der Waals surface area contributed by atoms with Crippen LogP contribution in [-0.2, 0) is 4.79 Å². The van der Waals surface area contributed by atoms with Gasteiger partial charge < -0.3 is 14.7 Å². The van der Waals surface area contributed by atoms with Crippen molar-refractivity contribution in [1.29, 1.82) is 0 Å². The van der Waals surface area contributed by atoms with Crippen molar-refractivity contribution in [3.63, 3.8) is 0 Å². The van der Waals surface area contributed by atoms with Crippen LogP contribution in [0.25, 0.3) is 0 Å². The normalized spacial score (nSPS) is 14.8. The zero-order chi connectivity index (χ0) is 16.7. The number of unbranched alkanes of at least 4 members (excludes halogenated alkanes) is 1. The summed E-state index contributed by atoms with van der Waals surface area (Å²) in [6.45, 7) is 4.01. The number of hydrogen-bond donors (Lipinski definition) is 1. The smallest absolute Gasteiger partial charge is 0.303 e. The summed E-state index contributed by atoms with van der Waals surface area (Å²) in [6, 6.07) is 7.18. The first-order chi connectivity index (χ1) is 11.1. The Morgan fingerprint density at radius 3 is 2.25 bits per heavy atom. The highest BCUT2D eigenvalue weighted by atomic mass is 35.5. The monoisotopic (exact) mass is 356 g/mol. The van der Waals surface area contributed by atoms with E-state index in [1.807, 2.05) is 4.90 Å². The van der Waals surface area contributed by atoms with E-state index in [1.54, 1.807) is 31.4 Å². The minimum atomic E-state index is -0.736. The topological polar surface area (TPSA) is 70.1 Å². The molecule has 1 fully saturated rings. The van der Waals surface area contributed by atoms with Crippen LogP contribution in [0.4, 0.5) is 0 Å². The molecule has 1 aromatic rings. The van der Waals surface area contributed by atoms with Crippen LogP contribution in [0.5, 0.6) is 5.75 Å². The molecule has 1 aliphatic rings. The lowest BCUT2D eigenvalue weighted by Gasteiger charge is -2.34. The maximum absolute atomic E-state index is 12.4. The fourth-order valence-corrected chi connectivity index (χ4v) is 2.70. The molecule has 1 saturated heterocycles. The standard InChI is InChI=1S/C17H24N2O4.ClH/c1-23-15-7-5-14(6-8-15)17(22)19-12-10-18(11-13-19)9-3-2-4-16(20)21;/h5-8H,2-4,9-13H2,1H3,(H,20,21);1H. The fourth-order valence-electron chi connectivity index (χ4n) is 2.70. The molecule has 0 aromatic heterocycles. The first-order valence-corrected chi connectivity index (χ1v) is 7.97. The molecule has 1 aromatic carbocycles. The van der Waals surface area contributed by atoms with E-state index in [1.165, 1.54) is 0 Å². The number of carboxylic acids is 1. The summed E-state index contributed by atoms with van der Waals surface area (Å²) < 4.78 is 5.10. The third kappa shape index (κ3) is 6.02. The number of nitrogens with zero attached hydrogens (tertiary/aromatic N) is 2. The van der Waals surface area contributed by atoms with E-state index in [0.29, 0.717) is 25.1 Å². The Morgan fingerprint density at radius 2 is 1.71 bits per heavy atom. The molecule has 0 spiro atoms. The average Bonchev–Trinajstić information content (AvgIpc) is 2.58. The predicted octanol–water partition coefficient (Wildman–Crippen LogP) is 2.13. The second-order valence-corrected chi connectivity index (χ2v) is 5.71. The zero-order valence-electron chi connectivity index (χ0n) is 13.9. The number of amides is 1. The number of methoxy groups -OCH3 is 1. The first-order valence-electron chi connectivity index (χ1n) is 7.97. The lowest BCUT2D eigenvalue weighted by atomic mass is 10.1. The third-order valence-corrected chi connectivity index (χ3v) is 4.11. The number of piperazine rings is 1. The second kappa shape index (κ2) is 10.2. The number of ether oxygens (including phenoxy) is 1. The zero-order valence-corrected chi connectivity index (χ0v) is 14.8. The van der Waals surface area contributed by atoms with Gasteiger partial charge >= 0.3 is 5.97 Å². The Hall–Kier alpha value is -1.79. The van der Waals surface area contributed by atoms with E-state index in [4.69, 9.17) is 9.84 Å². The van der Waals surface area contributed by atoms with Crippen molar-refractivity contribution in [2.75, 3.05) is 39.8 Å². The van der Waals surface area contributed by atoms with Crippen LogP contribution in [0.15, 0.2) is 24.3 Å². The Balaban J connectivity index is 0.00000288. The van der Waals surface area contributed by atoms with Gasteiger partial charge in [-0.2, -0.15) is 0 Å². The summed E-state index contributed by atoms with van der Waals surface area (Å²) in [5, 5.41) is 8.62. The van der Waals surface area contributed by atoms with Gasteiger partial charge in [0, 0.05) is 38.2 Å². The lowest BCUT2D eigenvalue weighted by Crippen LogP contribution is -2.48. The van der Waals surface area contributed by atoms with Gasteiger partial charge in [-0.1, -0.05) is 0 Å². The number of benzene rings is 1. The number of carbonyl (C=O) groups is 2. The summed E-state index contributed by atoms with van der Waals surface area (Å²) in [4.78, 5) is 27.1. The minimum absolute atomic E-state index is 0. The summed E-state index contributed by atoms with van der Waals surface area (Å²) in [5.41, 5.74) is 0.681. The van der Waals surface area contributed by atoms with Gasteiger partial charge in [0.25, 0.3) is 5.91 Å². The van der Waals surface area contributed by atoms with Crippen molar-refractivity contribution in [3.05, 3.63) is 29.8 Å². The SMILES string of the molecule is COc1ccc(C(=O)N2CCN(CCCCC(=O)O)CC2)cc1.Cl. The van der Waals surface area contributed by atoms with Crippen molar-refractivity contribution < 1.29 is 19.4 Å². The molecule has 1 heterocycles. The molecular formula is C17H25ClN2O4. The molecular weight excluding hydrogens is 332 g/mol. The molecule has 1 amide bonds. The Kier molecular flexibility index (Phi) is 8.57. The van der Waals surface area contributed by atoms with Crippen LogP contribution in [0, 0.1) is 0 Å². The van der Waals surface area contributed by atoms with Crippen LogP contribution in [0.1, 0.15) is 29.6 Å². The van der Waals surface area contributed by atoms with Crippen molar-refractivity contribution in [1.82, 2.24) is 9.80 Å². The fraction of sp³-hybridized carbons (Fsp3) is 0.529. The van der Waals surface area contributed by atoms with Crippen LogP contribution in [0.2, 0.25) is 0 Å². The quantitative estimate of drug-likeness (QED) is 0.758. The van der Waals surface area contributed by atoms with E-state index >= 15 is 0 Å². The van der Waals surface area contributed by atoms with Crippen molar-refractivity contribution in [2.45, 2.75) is 19.3 Å². The Morgan fingerprint density at radius 1 is 1.08 bits per heavy atom. The number of carbonyl (C=O) groups excluding carboxylic acids is 1. The molecule has 7 heteroatoms. The summed E-state index contributed by atoms with van der Waals surface area (Å²) >= 11 is 0. The molecule has 0 atom stereocenters. The van der Waals surface area contributed by atoms with Gasteiger partial charge in [0.05, 0.1) is 7.11 Å².